The molecule has 0 atom stereocenters. The molecule has 0 spiro atoms. The number of oxime groups is 1. The van der Waals surface area contributed by atoms with Gasteiger partial charge < -0.3 is 10.5 Å². The molecule has 2 N–H and O–H groups in total. The van der Waals surface area contributed by atoms with E-state index in [-0.39, 0.29) is 0 Å². The van der Waals surface area contributed by atoms with Crippen LogP contribution >= 0.6 is 0 Å². The van der Waals surface area contributed by atoms with Crippen LogP contribution in [-0.4, -0.2) is 22.4 Å². The normalized spacial score (nSPS) is 11.1. The van der Waals surface area contributed by atoms with Gasteiger partial charge in [-0.1, -0.05) is 5.16 Å². The summed E-state index contributed by atoms with van der Waals surface area (Å²) in [5.74, 6) is 0.840. The van der Waals surface area contributed by atoms with E-state index in [1.807, 2.05) is 13.0 Å². The van der Waals surface area contributed by atoms with Crippen LogP contribution in [0.5, 0.6) is 0 Å². The first-order valence-electron chi connectivity index (χ1n) is 4.54. The summed E-state index contributed by atoms with van der Waals surface area (Å²) < 4.78 is 0. The van der Waals surface area contributed by atoms with Gasteiger partial charge in [-0.3, -0.25) is 0 Å². The topological polar surface area (TPSA) is 57.5 Å². The Hall–Kier alpha value is -1.58. The SMILES string of the molecule is Cc1cc(NC(C)C)ncc1/C=N\O. The maximum Gasteiger partial charge on any atom is 0.126 e. The molecule has 0 aliphatic heterocycles. The minimum atomic E-state index is 0.360. The molecule has 1 heterocycles. The van der Waals surface area contributed by atoms with E-state index in [0.717, 1.165) is 16.9 Å². The summed E-state index contributed by atoms with van der Waals surface area (Å²) in [7, 11) is 0. The molecule has 0 fully saturated rings. The smallest absolute Gasteiger partial charge is 0.126 e. The maximum atomic E-state index is 8.38. The van der Waals surface area contributed by atoms with Crippen LogP contribution in [0.15, 0.2) is 17.4 Å². The van der Waals surface area contributed by atoms with Crippen molar-refractivity contribution in [2.24, 2.45) is 5.16 Å². The van der Waals surface area contributed by atoms with Gasteiger partial charge in [0, 0.05) is 17.8 Å². The monoisotopic (exact) mass is 193 g/mol. The molecule has 0 bridgehead atoms. The molecule has 1 aromatic heterocycles. The van der Waals surface area contributed by atoms with Crippen molar-refractivity contribution >= 4 is 12.0 Å². The molecule has 0 radical (unpaired) electrons. The highest BCUT2D eigenvalue weighted by Crippen LogP contribution is 2.10. The molecule has 1 aromatic rings. The zero-order valence-electron chi connectivity index (χ0n) is 8.65. The molecule has 0 saturated carbocycles. The summed E-state index contributed by atoms with van der Waals surface area (Å²) in [6, 6.07) is 2.29. The lowest BCUT2D eigenvalue weighted by Crippen LogP contribution is -2.11. The van der Waals surface area contributed by atoms with Crippen LogP contribution in [0.25, 0.3) is 0 Å². The zero-order chi connectivity index (χ0) is 10.6. The van der Waals surface area contributed by atoms with Crippen molar-refractivity contribution in [1.82, 2.24) is 4.98 Å². The number of nitrogens with one attached hydrogen (secondary N) is 1. The Morgan fingerprint density at radius 2 is 2.29 bits per heavy atom. The third-order valence-corrected chi connectivity index (χ3v) is 1.78. The molecule has 76 valence electrons. The van der Waals surface area contributed by atoms with E-state index in [1.165, 1.54) is 6.21 Å². The van der Waals surface area contributed by atoms with Gasteiger partial charge >= 0.3 is 0 Å². The van der Waals surface area contributed by atoms with Crippen LogP contribution in [0.4, 0.5) is 5.82 Å². The van der Waals surface area contributed by atoms with Gasteiger partial charge in [0.1, 0.15) is 5.82 Å². The van der Waals surface area contributed by atoms with Crippen molar-refractivity contribution in [2.75, 3.05) is 5.32 Å². The second-order valence-electron chi connectivity index (χ2n) is 3.47. The standard InChI is InChI=1S/C10H15N3O/c1-7(2)13-10-4-8(3)9(5-11-10)6-12-14/h4-7,14H,1-3H3,(H,11,13)/b12-6-. The molecule has 0 amide bonds. The Morgan fingerprint density at radius 1 is 1.57 bits per heavy atom. The second-order valence-corrected chi connectivity index (χ2v) is 3.47. The highest BCUT2D eigenvalue weighted by molar-refractivity contribution is 5.81. The summed E-state index contributed by atoms with van der Waals surface area (Å²) in [5.41, 5.74) is 1.85. The van der Waals surface area contributed by atoms with Crippen molar-refractivity contribution in [3.8, 4) is 0 Å². The van der Waals surface area contributed by atoms with Gasteiger partial charge in [0.25, 0.3) is 0 Å². The van der Waals surface area contributed by atoms with Gasteiger partial charge in [-0.15, -0.1) is 0 Å². The van der Waals surface area contributed by atoms with E-state index in [1.54, 1.807) is 6.20 Å². The van der Waals surface area contributed by atoms with Crippen molar-refractivity contribution in [1.29, 1.82) is 0 Å². The fraction of sp³-hybridized carbons (Fsp3) is 0.400. The number of hydrogen-bond donors (Lipinski definition) is 2. The van der Waals surface area contributed by atoms with Crippen molar-refractivity contribution in [3.63, 3.8) is 0 Å². The van der Waals surface area contributed by atoms with Crippen LogP contribution in [0.2, 0.25) is 0 Å². The van der Waals surface area contributed by atoms with Gasteiger partial charge in [0.2, 0.25) is 0 Å². The molecule has 0 aliphatic rings. The number of pyridine rings is 1. The largest absolute Gasteiger partial charge is 0.411 e. The third kappa shape index (κ3) is 2.73. The molecule has 0 aliphatic carbocycles. The van der Waals surface area contributed by atoms with E-state index in [0.29, 0.717) is 6.04 Å². The summed E-state index contributed by atoms with van der Waals surface area (Å²) in [6.45, 7) is 6.06. The molecule has 0 aromatic carbocycles. The molecule has 4 heteroatoms. The quantitative estimate of drug-likeness (QED) is 0.438. The van der Waals surface area contributed by atoms with Crippen LogP contribution in [0, 0.1) is 6.92 Å². The maximum absolute atomic E-state index is 8.38. The molecule has 4 nitrogen and oxygen atoms in total. The first-order chi connectivity index (χ1) is 6.63. The number of hydrogen-bond acceptors (Lipinski definition) is 4. The van der Waals surface area contributed by atoms with Gasteiger partial charge in [0.05, 0.1) is 6.21 Å². The molecule has 0 saturated heterocycles. The lowest BCUT2D eigenvalue weighted by Gasteiger charge is -2.09. The number of aromatic nitrogens is 1. The van der Waals surface area contributed by atoms with Crippen molar-refractivity contribution in [2.45, 2.75) is 26.8 Å². The van der Waals surface area contributed by atoms with E-state index in [4.69, 9.17) is 5.21 Å². The molecule has 0 unspecified atom stereocenters. The van der Waals surface area contributed by atoms with Crippen LogP contribution in [0.1, 0.15) is 25.0 Å². The van der Waals surface area contributed by atoms with Gasteiger partial charge in [-0.25, -0.2) is 4.98 Å². The lowest BCUT2D eigenvalue weighted by molar-refractivity contribution is 0.322. The first kappa shape index (κ1) is 10.5. The highest BCUT2D eigenvalue weighted by Gasteiger charge is 2.00. The summed E-state index contributed by atoms with van der Waals surface area (Å²) in [6.07, 6.45) is 3.06. The minimum absolute atomic E-state index is 0.360. The highest BCUT2D eigenvalue weighted by atomic mass is 16.4. The van der Waals surface area contributed by atoms with Crippen LogP contribution < -0.4 is 5.32 Å². The van der Waals surface area contributed by atoms with E-state index >= 15 is 0 Å². The van der Waals surface area contributed by atoms with E-state index in [2.05, 4.69) is 29.3 Å². The molecule has 14 heavy (non-hydrogen) atoms. The Bertz CT molecular complexity index is 334. The predicted octanol–water partition coefficient (Wildman–Crippen LogP) is 2.02. The molecule has 1 rings (SSSR count). The molecular formula is C10H15N3O. The molecular weight excluding hydrogens is 178 g/mol. The van der Waals surface area contributed by atoms with E-state index in [9.17, 15) is 0 Å². The van der Waals surface area contributed by atoms with Crippen molar-refractivity contribution in [3.05, 3.63) is 23.4 Å². The average Bonchev–Trinajstić information content (AvgIpc) is 2.09. The number of nitrogens with zero attached hydrogens (tertiary/aromatic N) is 2. The van der Waals surface area contributed by atoms with Crippen LogP contribution in [0.3, 0.4) is 0 Å². The number of aryl methyl sites for hydroxylation is 1. The van der Waals surface area contributed by atoms with E-state index < -0.39 is 0 Å². The number of anilines is 1. The summed E-state index contributed by atoms with van der Waals surface area (Å²) >= 11 is 0. The van der Waals surface area contributed by atoms with Crippen molar-refractivity contribution < 1.29 is 5.21 Å². The Kier molecular flexibility index (Phi) is 3.45. The fourth-order valence-electron chi connectivity index (χ4n) is 1.14. The average molecular weight is 193 g/mol. The third-order valence-electron chi connectivity index (χ3n) is 1.78. The van der Waals surface area contributed by atoms with Gasteiger partial charge in [-0.2, -0.15) is 0 Å². The van der Waals surface area contributed by atoms with Crippen LogP contribution in [-0.2, 0) is 0 Å². The first-order valence-corrected chi connectivity index (χ1v) is 4.54. The van der Waals surface area contributed by atoms with Gasteiger partial charge in [0.15, 0.2) is 0 Å². The predicted molar refractivity (Wildman–Crippen MR) is 57.1 cm³/mol. The Balaban J connectivity index is 2.88. The fourth-order valence-corrected chi connectivity index (χ4v) is 1.14. The summed E-state index contributed by atoms with van der Waals surface area (Å²) in [4.78, 5) is 4.18. The minimum Gasteiger partial charge on any atom is -0.411 e. The summed E-state index contributed by atoms with van der Waals surface area (Å²) in [5, 5.41) is 14.6. The zero-order valence-corrected chi connectivity index (χ0v) is 8.65. The Labute approximate surface area is 83.7 Å². The van der Waals surface area contributed by atoms with Gasteiger partial charge in [-0.05, 0) is 32.4 Å². The number of rotatable bonds is 3. The lowest BCUT2D eigenvalue weighted by atomic mass is 10.2. The Morgan fingerprint density at radius 3 is 2.79 bits per heavy atom. The second kappa shape index (κ2) is 4.60.